The van der Waals surface area contributed by atoms with Crippen molar-refractivity contribution in [3.05, 3.63) is 12.2 Å². The predicted octanol–water partition coefficient (Wildman–Crippen LogP) is -1.32. The van der Waals surface area contributed by atoms with Crippen LogP contribution in [0.5, 0.6) is 0 Å². The van der Waals surface area contributed by atoms with E-state index in [-0.39, 0.29) is 24.8 Å². The second kappa shape index (κ2) is 6.00. The maximum Gasteiger partial charge on any atom is 0.322 e. The Labute approximate surface area is 97.7 Å². The predicted molar refractivity (Wildman–Crippen MR) is 56.7 cm³/mol. The van der Waals surface area contributed by atoms with Gasteiger partial charge in [-0.1, -0.05) is 0 Å². The van der Waals surface area contributed by atoms with Crippen LogP contribution in [0.1, 0.15) is 12.8 Å². The van der Waals surface area contributed by atoms with Gasteiger partial charge in [-0.3, -0.25) is 14.4 Å². The van der Waals surface area contributed by atoms with Crippen LogP contribution < -0.4 is 5.32 Å². The van der Waals surface area contributed by atoms with Crippen LogP contribution in [0.2, 0.25) is 0 Å². The number of carbonyl (C=O) groups is 3. The van der Waals surface area contributed by atoms with E-state index in [0.29, 0.717) is 6.42 Å². The summed E-state index contributed by atoms with van der Waals surface area (Å²) in [4.78, 5) is 33.7. The first-order valence-corrected chi connectivity index (χ1v) is 5.16. The molecule has 2 amide bonds. The summed E-state index contributed by atoms with van der Waals surface area (Å²) in [5.74, 6) is -1.78. The molecule has 0 radical (unpaired) electrons. The van der Waals surface area contributed by atoms with Crippen molar-refractivity contribution in [3.63, 3.8) is 0 Å². The van der Waals surface area contributed by atoms with Gasteiger partial charge in [-0.25, -0.2) is 0 Å². The van der Waals surface area contributed by atoms with Gasteiger partial charge in [0.25, 0.3) is 0 Å². The van der Waals surface area contributed by atoms with Crippen molar-refractivity contribution in [2.24, 2.45) is 0 Å². The van der Waals surface area contributed by atoms with Gasteiger partial charge in [-0.15, -0.1) is 0 Å². The lowest BCUT2D eigenvalue weighted by Gasteiger charge is -2.19. The van der Waals surface area contributed by atoms with E-state index in [4.69, 9.17) is 5.11 Å². The van der Waals surface area contributed by atoms with E-state index in [0.717, 1.165) is 0 Å². The Morgan fingerprint density at radius 2 is 2.18 bits per heavy atom. The Morgan fingerprint density at radius 1 is 1.47 bits per heavy atom. The largest absolute Gasteiger partial charge is 0.480 e. The Morgan fingerprint density at radius 3 is 2.71 bits per heavy atom. The highest BCUT2D eigenvalue weighted by Gasteiger charge is 2.22. The lowest BCUT2D eigenvalue weighted by atomic mass is 10.2. The van der Waals surface area contributed by atoms with E-state index >= 15 is 0 Å². The number of aliphatic hydroxyl groups is 1. The molecule has 17 heavy (non-hydrogen) atoms. The van der Waals surface area contributed by atoms with Crippen molar-refractivity contribution in [2.45, 2.75) is 19.1 Å². The van der Waals surface area contributed by atoms with Gasteiger partial charge < -0.3 is 20.4 Å². The van der Waals surface area contributed by atoms with Crippen LogP contribution >= 0.6 is 0 Å². The van der Waals surface area contributed by atoms with Crippen molar-refractivity contribution < 1.29 is 24.6 Å². The molecular weight excluding hydrogens is 228 g/mol. The van der Waals surface area contributed by atoms with E-state index in [1.807, 2.05) is 0 Å². The number of rotatable bonds is 6. The van der Waals surface area contributed by atoms with E-state index < -0.39 is 18.7 Å². The van der Waals surface area contributed by atoms with Gasteiger partial charge in [-0.2, -0.15) is 0 Å². The summed E-state index contributed by atoms with van der Waals surface area (Å²) < 4.78 is 0. The van der Waals surface area contributed by atoms with Crippen LogP contribution in [0, 0.1) is 0 Å². The number of amides is 2. The molecule has 94 valence electrons. The molecule has 0 bridgehead atoms. The third-order valence-electron chi connectivity index (χ3n) is 2.25. The Kier molecular flexibility index (Phi) is 4.65. The van der Waals surface area contributed by atoms with E-state index in [2.05, 4.69) is 5.32 Å². The minimum Gasteiger partial charge on any atom is -0.480 e. The highest BCUT2D eigenvalue weighted by Crippen LogP contribution is 2.09. The molecule has 0 spiro atoms. The zero-order valence-corrected chi connectivity index (χ0v) is 9.13. The van der Waals surface area contributed by atoms with Gasteiger partial charge in [0, 0.05) is 19.0 Å². The van der Waals surface area contributed by atoms with Gasteiger partial charge in [0.15, 0.2) is 0 Å². The standard InChI is InChI=1S/C10H14N2O5/c13-7(11-6-10(16)17)2-1-5-12-8(14)3-4-9(12)15/h3-4,8,14H,1-2,5-6H2,(H,11,13)(H,16,17). The van der Waals surface area contributed by atoms with Crippen LogP contribution in [0.3, 0.4) is 0 Å². The number of hydrogen-bond acceptors (Lipinski definition) is 4. The number of nitrogens with one attached hydrogen (secondary N) is 1. The SMILES string of the molecule is O=C(O)CNC(=O)CCCN1C(=O)C=CC1O. The zero-order chi connectivity index (χ0) is 12.8. The monoisotopic (exact) mass is 242 g/mol. The molecule has 7 heteroatoms. The molecule has 3 N–H and O–H groups in total. The highest BCUT2D eigenvalue weighted by atomic mass is 16.4. The smallest absolute Gasteiger partial charge is 0.322 e. The average molecular weight is 242 g/mol. The number of aliphatic carboxylic acids is 1. The van der Waals surface area contributed by atoms with Crippen molar-refractivity contribution in [3.8, 4) is 0 Å². The number of carbonyl (C=O) groups excluding carboxylic acids is 2. The maximum absolute atomic E-state index is 11.2. The maximum atomic E-state index is 11.2. The zero-order valence-electron chi connectivity index (χ0n) is 9.13. The Hall–Kier alpha value is -1.89. The van der Waals surface area contributed by atoms with Crippen molar-refractivity contribution in [1.29, 1.82) is 0 Å². The third-order valence-corrected chi connectivity index (χ3v) is 2.25. The molecule has 0 aromatic heterocycles. The van der Waals surface area contributed by atoms with Crippen LogP contribution in [0.4, 0.5) is 0 Å². The van der Waals surface area contributed by atoms with Crippen LogP contribution in [-0.4, -0.2) is 52.2 Å². The molecule has 0 fully saturated rings. The van der Waals surface area contributed by atoms with Gasteiger partial charge in [0.2, 0.25) is 11.8 Å². The number of hydrogen-bond donors (Lipinski definition) is 3. The highest BCUT2D eigenvalue weighted by molar-refractivity contribution is 5.90. The van der Waals surface area contributed by atoms with Gasteiger partial charge in [0.1, 0.15) is 12.8 Å². The molecule has 7 nitrogen and oxygen atoms in total. The summed E-state index contributed by atoms with van der Waals surface area (Å²) >= 11 is 0. The second-order valence-corrected chi connectivity index (χ2v) is 3.58. The summed E-state index contributed by atoms with van der Waals surface area (Å²) in [5, 5.41) is 19.9. The first kappa shape index (κ1) is 13.2. The molecule has 1 aliphatic heterocycles. The van der Waals surface area contributed by atoms with Gasteiger partial charge in [0.05, 0.1) is 0 Å². The number of carboxylic acid groups (broad SMARTS) is 1. The molecule has 1 rings (SSSR count). The molecule has 0 aromatic rings. The first-order chi connectivity index (χ1) is 8.00. The van der Waals surface area contributed by atoms with Gasteiger partial charge >= 0.3 is 5.97 Å². The van der Waals surface area contributed by atoms with E-state index in [1.165, 1.54) is 17.1 Å². The Balaban J connectivity index is 2.17. The lowest BCUT2D eigenvalue weighted by Crippen LogP contribution is -2.35. The summed E-state index contributed by atoms with van der Waals surface area (Å²) in [7, 11) is 0. The van der Waals surface area contributed by atoms with Crippen LogP contribution in [0.15, 0.2) is 12.2 Å². The molecule has 1 aliphatic rings. The topological polar surface area (TPSA) is 107 Å². The summed E-state index contributed by atoms with van der Waals surface area (Å²) in [6.45, 7) is -0.154. The fraction of sp³-hybridized carbons (Fsp3) is 0.500. The number of aliphatic hydroxyl groups excluding tert-OH is 1. The fourth-order valence-electron chi connectivity index (χ4n) is 1.41. The van der Waals surface area contributed by atoms with E-state index in [1.54, 1.807) is 0 Å². The van der Waals surface area contributed by atoms with Crippen molar-refractivity contribution in [2.75, 3.05) is 13.1 Å². The van der Waals surface area contributed by atoms with Crippen molar-refractivity contribution in [1.82, 2.24) is 10.2 Å². The second-order valence-electron chi connectivity index (χ2n) is 3.58. The molecule has 1 heterocycles. The first-order valence-electron chi connectivity index (χ1n) is 5.16. The summed E-state index contributed by atoms with van der Waals surface area (Å²) in [5.41, 5.74) is 0. The molecule has 0 saturated carbocycles. The van der Waals surface area contributed by atoms with Gasteiger partial charge in [-0.05, 0) is 12.5 Å². The number of carboxylic acids is 1. The molecular formula is C10H14N2O5. The molecule has 0 aliphatic carbocycles. The number of nitrogens with zero attached hydrogens (tertiary/aromatic N) is 1. The average Bonchev–Trinajstić information content (AvgIpc) is 2.57. The van der Waals surface area contributed by atoms with Crippen LogP contribution in [0.25, 0.3) is 0 Å². The summed E-state index contributed by atoms with van der Waals surface area (Å²) in [6.07, 6.45) is 2.20. The minimum absolute atomic E-state index is 0.115. The fourth-order valence-corrected chi connectivity index (χ4v) is 1.41. The molecule has 0 aromatic carbocycles. The third kappa shape index (κ3) is 4.23. The van der Waals surface area contributed by atoms with E-state index in [9.17, 15) is 19.5 Å². The lowest BCUT2D eigenvalue weighted by molar-refractivity contribution is -0.137. The molecule has 1 atom stereocenters. The normalized spacial score (nSPS) is 18.5. The Bertz CT molecular complexity index is 353. The van der Waals surface area contributed by atoms with Crippen LogP contribution in [-0.2, 0) is 14.4 Å². The molecule has 0 saturated heterocycles. The minimum atomic E-state index is -1.10. The quantitative estimate of drug-likeness (QED) is 0.535. The van der Waals surface area contributed by atoms with Crippen molar-refractivity contribution >= 4 is 17.8 Å². The summed E-state index contributed by atoms with van der Waals surface area (Å²) in [6, 6.07) is 0. The molecule has 1 unspecified atom stereocenters.